The first-order chi connectivity index (χ1) is 10.5. The van der Waals surface area contributed by atoms with Gasteiger partial charge in [-0.2, -0.15) is 0 Å². The van der Waals surface area contributed by atoms with Gasteiger partial charge in [0.15, 0.2) is 0 Å². The molecule has 0 bridgehead atoms. The fourth-order valence-electron chi connectivity index (χ4n) is 3.19. The van der Waals surface area contributed by atoms with Gasteiger partial charge in [-0.15, -0.1) is 11.3 Å². The van der Waals surface area contributed by atoms with E-state index in [1.54, 1.807) is 11.3 Å². The molecule has 2 aliphatic rings. The van der Waals surface area contributed by atoms with E-state index in [0.29, 0.717) is 24.5 Å². The van der Waals surface area contributed by atoms with Crippen LogP contribution in [0.15, 0.2) is 11.4 Å². The molecular weight excluding hydrogens is 294 g/mol. The van der Waals surface area contributed by atoms with E-state index >= 15 is 0 Å². The third kappa shape index (κ3) is 3.70. The zero-order chi connectivity index (χ0) is 15.7. The number of amides is 1. The fourth-order valence-corrected chi connectivity index (χ4v) is 4.09. The average molecular weight is 321 g/mol. The van der Waals surface area contributed by atoms with Crippen molar-refractivity contribution in [3.8, 4) is 0 Å². The Hall–Kier alpha value is -0.910. The number of rotatable bonds is 6. The van der Waals surface area contributed by atoms with Crippen molar-refractivity contribution in [1.82, 2.24) is 14.7 Å². The number of likely N-dealkylation sites (N-methyl/N-ethyl adjacent to an activating group) is 1. The molecule has 0 radical (unpaired) electrons. The van der Waals surface area contributed by atoms with Crippen molar-refractivity contribution in [2.75, 3.05) is 33.7 Å². The van der Waals surface area contributed by atoms with Crippen LogP contribution >= 0.6 is 11.3 Å². The van der Waals surface area contributed by atoms with Gasteiger partial charge < -0.3 is 9.80 Å². The van der Waals surface area contributed by atoms with Gasteiger partial charge in [0.25, 0.3) is 0 Å². The number of hydrogen-bond acceptors (Lipinski definition) is 4. The summed E-state index contributed by atoms with van der Waals surface area (Å²) in [6.45, 7) is 5.60. The highest BCUT2D eigenvalue weighted by molar-refractivity contribution is 7.10. The van der Waals surface area contributed by atoms with Crippen LogP contribution in [0.5, 0.6) is 0 Å². The van der Waals surface area contributed by atoms with Gasteiger partial charge in [0.1, 0.15) is 0 Å². The molecule has 1 unspecified atom stereocenters. The second kappa shape index (κ2) is 6.69. The van der Waals surface area contributed by atoms with Crippen molar-refractivity contribution in [3.63, 3.8) is 0 Å². The second-order valence-corrected chi connectivity index (χ2v) is 7.92. The van der Waals surface area contributed by atoms with E-state index in [1.807, 2.05) is 0 Å². The highest BCUT2D eigenvalue weighted by Gasteiger charge is 2.34. The number of nitrogens with zero attached hydrogens (tertiary/aromatic N) is 3. The van der Waals surface area contributed by atoms with E-state index in [0.717, 1.165) is 19.6 Å². The van der Waals surface area contributed by atoms with E-state index in [2.05, 4.69) is 47.2 Å². The molecule has 0 N–H and O–H groups in total. The van der Waals surface area contributed by atoms with Gasteiger partial charge in [0.05, 0.1) is 13.1 Å². The Labute approximate surface area is 137 Å². The highest BCUT2D eigenvalue weighted by atomic mass is 32.1. The van der Waals surface area contributed by atoms with Gasteiger partial charge in [-0.1, -0.05) is 0 Å². The maximum Gasteiger partial charge on any atom is 0.237 e. The molecule has 1 atom stereocenters. The Bertz CT molecular complexity index is 524. The van der Waals surface area contributed by atoms with E-state index in [1.165, 1.54) is 29.7 Å². The molecule has 5 heteroatoms. The Balaban J connectivity index is 1.58. The molecule has 1 aliphatic heterocycles. The number of carbonyl (C=O) groups excluding carboxylic acids is 1. The monoisotopic (exact) mass is 321 g/mol. The predicted molar refractivity (Wildman–Crippen MR) is 91.2 cm³/mol. The summed E-state index contributed by atoms with van der Waals surface area (Å²) in [5, 5.41) is 2.13. The van der Waals surface area contributed by atoms with Crippen LogP contribution in [0.1, 0.15) is 29.7 Å². The van der Waals surface area contributed by atoms with Crippen molar-refractivity contribution >= 4 is 17.2 Å². The molecule has 2 fully saturated rings. The number of thiophene rings is 1. The van der Waals surface area contributed by atoms with Gasteiger partial charge >= 0.3 is 0 Å². The lowest BCUT2D eigenvalue weighted by atomic mass is 10.2. The van der Waals surface area contributed by atoms with E-state index in [4.69, 9.17) is 0 Å². The molecule has 1 saturated carbocycles. The van der Waals surface area contributed by atoms with Gasteiger partial charge in [-0.05, 0) is 57.3 Å². The minimum atomic E-state index is 0.315. The van der Waals surface area contributed by atoms with E-state index in [9.17, 15) is 4.79 Å². The van der Waals surface area contributed by atoms with Gasteiger partial charge in [-0.3, -0.25) is 9.69 Å². The summed E-state index contributed by atoms with van der Waals surface area (Å²) in [6, 6.07) is 3.24. The molecule has 0 spiro atoms. The maximum atomic E-state index is 12.8. The molecule has 1 aliphatic carbocycles. The van der Waals surface area contributed by atoms with Crippen molar-refractivity contribution in [2.24, 2.45) is 0 Å². The topological polar surface area (TPSA) is 26.8 Å². The van der Waals surface area contributed by atoms with Crippen LogP contribution in [0.3, 0.4) is 0 Å². The third-order valence-corrected chi connectivity index (χ3v) is 5.93. The molecule has 0 aromatic carbocycles. The minimum absolute atomic E-state index is 0.315. The van der Waals surface area contributed by atoms with Crippen molar-refractivity contribution in [3.05, 3.63) is 21.9 Å². The summed E-state index contributed by atoms with van der Waals surface area (Å²) >= 11 is 1.77. The summed E-state index contributed by atoms with van der Waals surface area (Å²) in [6.07, 6.45) is 3.53. The van der Waals surface area contributed by atoms with Crippen LogP contribution in [-0.2, 0) is 11.3 Å². The molecule has 2 heterocycles. The quantitative estimate of drug-likeness (QED) is 0.803. The SMILES string of the molecule is Cc1ccsc1CN(C(=O)CN1CCC(N(C)C)C1)C1CC1. The first kappa shape index (κ1) is 16.0. The van der Waals surface area contributed by atoms with Crippen LogP contribution in [0.25, 0.3) is 0 Å². The first-order valence-electron chi connectivity index (χ1n) is 8.26. The molecule has 122 valence electrons. The summed E-state index contributed by atoms with van der Waals surface area (Å²) in [7, 11) is 4.26. The number of likely N-dealkylation sites (tertiary alicyclic amines) is 1. The van der Waals surface area contributed by atoms with Gasteiger partial charge in [0.2, 0.25) is 5.91 Å². The molecule has 3 rings (SSSR count). The van der Waals surface area contributed by atoms with Crippen LogP contribution in [-0.4, -0.2) is 66.4 Å². The number of hydrogen-bond donors (Lipinski definition) is 0. The predicted octanol–water partition coefficient (Wildman–Crippen LogP) is 2.18. The van der Waals surface area contributed by atoms with Gasteiger partial charge in [0, 0.05) is 30.1 Å². The Kier molecular flexibility index (Phi) is 4.85. The van der Waals surface area contributed by atoms with Crippen molar-refractivity contribution < 1.29 is 4.79 Å². The van der Waals surface area contributed by atoms with E-state index < -0.39 is 0 Å². The molecule has 1 aromatic heterocycles. The lowest BCUT2D eigenvalue weighted by molar-refractivity contribution is -0.133. The van der Waals surface area contributed by atoms with Crippen LogP contribution in [0.2, 0.25) is 0 Å². The standard InChI is InChI=1S/C17H27N3OS/c1-13-7-9-22-16(13)11-20(14-4-5-14)17(21)12-19-8-6-15(10-19)18(2)3/h7,9,14-15H,4-6,8,10-12H2,1-3H3. The lowest BCUT2D eigenvalue weighted by Crippen LogP contribution is -2.41. The first-order valence-corrected chi connectivity index (χ1v) is 9.14. The minimum Gasteiger partial charge on any atom is -0.333 e. The summed E-state index contributed by atoms with van der Waals surface area (Å²) < 4.78 is 0. The smallest absolute Gasteiger partial charge is 0.237 e. The fraction of sp³-hybridized carbons (Fsp3) is 0.706. The maximum absolute atomic E-state index is 12.8. The average Bonchev–Trinajstić information content (AvgIpc) is 3.06. The molecule has 1 saturated heterocycles. The second-order valence-electron chi connectivity index (χ2n) is 6.92. The molecule has 1 aromatic rings. The summed E-state index contributed by atoms with van der Waals surface area (Å²) in [4.78, 5) is 20.8. The molecule has 4 nitrogen and oxygen atoms in total. The Morgan fingerprint density at radius 3 is 2.64 bits per heavy atom. The van der Waals surface area contributed by atoms with Crippen LogP contribution < -0.4 is 0 Å². The number of carbonyl (C=O) groups is 1. The number of aryl methyl sites for hydroxylation is 1. The molecule has 1 amide bonds. The van der Waals surface area contributed by atoms with Crippen molar-refractivity contribution in [2.45, 2.75) is 44.8 Å². The zero-order valence-corrected chi connectivity index (χ0v) is 14.7. The molecular formula is C17H27N3OS. The Morgan fingerprint density at radius 2 is 2.09 bits per heavy atom. The van der Waals surface area contributed by atoms with Crippen LogP contribution in [0.4, 0.5) is 0 Å². The van der Waals surface area contributed by atoms with Crippen molar-refractivity contribution in [1.29, 1.82) is 0 Å². The highest BCUT2D eigenvalue weighted by Crippen LogP contribution is 2.30. The van der Waals surface area contributed by atoms with E-state index in [-0.39, 0.29) is 0 Å². The van der Waals surface area contributed by atoms with Gasteiger partial charge in [-0.25, -0.2) is 0 Å². The normalized spacial score (nSPS) is 22.5. The van der Waals surface area contributed by atoms with Crippen LogP contribution in [0, 0.1) is 6.92 Å². The Morgan fingerprint density at radius 1 is 1.32 bits per heavy atom. The third-order valence-electron chi connectivity index (χ3n) is 4.93. The molecule has 22 heavy (non-hydrogen) atoms. The summed E-state index contributed by atoms with van der Waals surface area (Å²) in [5.41, 5.74) is 1.32. The lowest BCUT2D eigenvalue weighted by Gasteiger charge is -2.26. The zero-order valence-electron chi connectivity index (χ0n) is 13.9. The summed E-state index contributed by atoms with van der Waals surface area (Å²) in [5.74, 6) is 0.315. The largest absolute Gasteiger partial charge is 0.333 e.